The van der Waals surface area contributed by atoms with Gasteiger partial charge in [0, 0.05) is 45.0 Å². The molecule has 0 bridgehead atoms. The zero-order valence-electron chi connectivity index (χ0n) is 14.0. The number of aromatic nitrogens is 1. The molecular weight excluding hydrogens is 274 g/mol. The Morgan fingerprint density at radius 2 is 1.95 bits per heavy atom. The molecule has 2 heterocycles. The number of nitriles is 1. The molecule has 1 saturated heterocycles. The van der Waals surface area contributed by atoms with Gasteiger partial charge < -0.3 is 15.1 Å². The first-order valence-electron chi connectivity index (χ1n) is 8.18. The van der Waals surface area contributed by atoms with Crippen molar-refractivity contribution in [2.75, 3.05) is 51.1 Å². The summed E-state index contributed by atoms with van der Waals surface area (Å²) < 4.78 is 0. The number of likely N-dealkylation sites (N-methyl/N-ethyl adjacent to an activating group) is 1. The molecule has 1 aliphatic heterocycles. The van der Waals surface area contributed by atoms with Gasteiger partial charge in [-0.15, -0.1) is 0 Å². The topological polar surface area (TPSA) is 55.2 Å². The summed E-state index contributed by atoms with van der Waals surface area (Å²) >= 11 is 0. The van der Waals surface area contributed by atoms with Gasteiger partial charge in [-0.05, 0) is 31.5 Å². The maximum Gasteiger partial charge on any atom is 0.127 e. The van der Waals surface area contributed by atoms with Gasteiger partial charge in [0.2, 0.25) is 0 Å². The van der Waals surface area contributed by atoms with Crippen molar-refractivity contribution in [2.24, 2.45) is 5.92 Å². The SMILES string of the molecule is CCN1CCN(C[C@@H](C)CNc2cc(C#N)cc(C)n2)CC1. The Labute approximate surface area is 133 Å². The second-order valence-corrected chi connectivity index (χ2v) is 6.22. The number of nitrogens with zero attached hydrogens (tertiary/aromatic N) is 4. The van der Waals surface area contributed by atoms with E-state index in [9.17, 15) is 0 Å². The predicted octanol–water partition coefficient (Wildman–Crippen LogP) is 1.95. The van der Waals surface area contributed by atoms with Gasteiger partial charge in [-0.25, -0.2) is 4.98 Å². The van der Waals surface area contributed by atoms with Gasteiger partial charge in [0.15, 0.2) is 0 Å². The molecule has 5 nitrogen and oxygen atoms in total. The maximum absolute atomic E-state index is 9.01. The highest BCUT2D eigenvalue weighted by Gasteiger charge is 2.17. The minimum atomic E-state index is 0.557. The first kappa shape index (κ1) is 16.7. The van der Waals surface area contributed by atoms with Gasteiger partial charge in [0.25, 0.3) is 0 Å². The van der Waals surface area contributed by atoms with Crippen LogP contribution in [0.5, 0.6) is 0 Å². The molecule has 2 rings (SSSR count). The molecule has 0 amide bonds. The third-order valence-electron chi connectivity index (χ3n) is 4.20. The number of anilines is 1. The molecule has 0 aromatic carbocycles. The van der Waals surface area contributed by atoms with E-state index >= 15 is 0 Å². The molecule has 0 saturated carbocycles. The zero-order valence-corrected chi connectivity index (χ0v) is 14.0. The zero-order chi connectivity index (χ0) is 15.9. The largest absolute Gasteiger partial charge is 0.370 e. The van der Waals surface area contributed by atoms with Crippen LogP contribution in [0, 0.1) is 24.2 Å². The first-order valence-corrected chi connectivity index (χ1v) is 8.18. The van der Waals surface area contributed by atoms with Crippen LogP contribution < -0.4 is 5.32 Å². The lowest BCUT2D eigenvalue weighted by molar-refractivity contribution is 0.126. The van der Waals surface area contributed by atoms with Crippen molar-refractivity contribution in [1.82, 2.24) is 14.8 Å². The van der Waals surface area contributed by atoms with Crippen LogP contribution in [0.15, 0.2) is 12.1 Å². The van der Waals surface area contributed by atoms with Crippen LogP contribution >= 0.6 is 0 Å². The average Bonchev–Trinajstić information content (AvgIpc) is 2.53. The van der Waals surface area contributed by atoms with E-state index in [1.54, 1.807) is 0 Å². The summed E-state index contributed by atoms with van der Waals surface area (Å²) in [6.07, 6.45) is 0. The van der Waals surface area contributed by atoms with Crippen molar-refractivity contribution >= 4 is 5.82 Å². The Kier molecular flexibility index (Phi) is 6.17. The van der Waals surface area contributed by atoms with Crippen molar-refractivity contribution in [3.8, 4) is 6.07 Å². The molecular formula is C17H27N5. The highest BCUT2D eigenvalue weighted by atomic mass is 15.3. The Bertz CT molecular complexity index is 514. The van der Waals surface area contributed by atoms with Gasteiger partial charge in [0.1, 0.15) is 5.82 Å². The van der Waals surface area contributed by atoms with Crippen LogP contribution in [-0.2, 0) is 0 Å². The van der Waals surface area contributed by atoms with Gasteiger partial charge >= 0.3 is 0 Å². The van der Waals surface area contributed by atoms with Gasteiger partial charge in [-0.3, -0.25) is 0 Å². The van der Waals surface area contributed by atoms with Crippen LogP contribution in [0.3, 0.4) is 0 Å². The molecule has 0 spiro atoms. The Hall–Kier alpha value is -1.64. The molecule has 0 aliphatic carbocycles. The van der Waals surface area contributed by atoms with E-state index in [0.717, 1.165) is 31.1 Å². The lowest BCUT2D eigenvalue weighted by Gasteiger charge is -2.35. The summed E-state index contributed by atoms with van der Waals surface area (Å²) in [5, 5.41) is 12.4. The summed E-state index contributed by atoms with van der Waals surface area (Å²) in [5.41, 5.74) is 1.54. The molecule has 1 aliphatic rings. The number of hydrogen-bond donors (Lipinski definition) is 1. The van der Waals surface area contributed by atoms with Gasteiger partial charge in [-0.1, -0.05) is 13.8 Å². The van der Waals surface area contributed by atoms with Crippen LogP contribution in [0.4, 0.5) is 5.82 Å². The number of aryl methyl sites for hydroxylation is 1. The van der Waals surface area contributed by atoms with Crippen molar-refractivity contribution in [3.63, 3.8) is 0 Å². The third-order valence-corrected chi connectivity index (χ3v) is 4.20. The Morgan fingerprint density at radius 3 is 2.59 bits per heavy atom. The number of nitrogens with one attached hydrogen (secondary N) is 1. The molecule has 1 aromatic heterocycles. The predicted molar refractivity (Wildman–Crippen MR) is 89.9 cm³/mol. The minimum absolute atomic E-state index is 0.557. The maximum atomic E-state index is 9.01. The molecule has 0 radical (unpaired) electrons. The smallest absolute Gasteiger partial charge is 0.127 e. The lowest BCUT2D eigenvalue weighted by atomic mass is 10.1. The number of rotatable bonds is 6. The van der Waals surface area contributed by atoms with E-state index in [1.165, 1.54) is 26.2 Å². The normalized spacial score (nSPS) is 17.9. The monoisotopic (exact) mass is 301 g/mol. The van der Waals surface area contributed by atoms with Crippen LogP contribution in [0.1, 0.15) is 25.1 Å². The van der Waals surface area contributed by atoms with Gasteiger partial charge in [0.05, 0.1) is 11.6 Å². The highest BCUT2D eigenvalue weighted by Crippen LogP contribution is 2.11. The van der Waals surface area contributed by atoms with E-state index in [1.807, 2.05) is 19.1 Å². The van der Waals surface area contributed by atoms with Crippen molar-refractivity contribution in [3.05, 3.63) is 23.4 Å². The quantitative estimate of drug-likeness (QED) is 0.870. The fourth-order valence-electron chi connectivity index (χ4n) is 2.90. The fourth-order valence-corrected chi connectivity index (χ4v) is 2.90. The molecule has 22 heavy (non-hydrogen) atoms. The molecule has 5 heteroatoms. The summed E-state index contributed by atoms with van der Waals surface area (Å²) in [4.78, 5) is 9.48. The minimum Gasteiger partial charge on any atom is -0.370 e. The summed E-state index contributed by atoms with van der Waals surface area (Å²) in [7, 11) is 0. The third kappa shape index (κ3) is 4.97. The van der Waals surface area contributed by atoms with Crippen LogP contribution in [-0.4, -0.2) is 60.6 Å². The number of piperazine rings is 1. The average molecular weight is 301 g/mol. The summed E-state index contributed by atoms with van der Waals surface area (Å²) in [6.45, 7) is 14.3. The second kappa shape index (κ2) is 8.11. The Balaban J connectivity index is 1.77. The van der Waals surface area contributed by atoms with E-state index in [0.29, 0.717) is 11.5 Å². The van der Waals surface area contributed by atoms with E-state index in [2.05, 4.69) is 40.0 Å². The number of hydrogen-bond acceptors (Lipinski definition) is 5. The first-order chi connectivity index (χ1) is 10.6. The van der Waals surface area contributed by atoms with E-state index < -0.39 is 0 Å². The molecule has 0 unspecified atom stereocenters. The van der Waals surface area contributed by atoms with Crippen molar-refractivity contribution in [1.29, 1.82) is 5.26 Å². The van der Waals surface area contributed by atoms with E-state index in [-0.39, 0.29) is 0 Å². The molecule has 1 aromatic rings. The van der Waals surface area contributed by atoms with Gasteiger partial charge in [-0.2, -0.15) is 5.26 Å². The standard InChI is InChI=1S/C17H27N5/c1-4-21-5-7-22(8-6-21)13-14(2)12-19-17-10-16(11-18)9-15(3)20-17/h9-10,14H,4-8,12-13H2,1-3H3,(H,19,20)/t14-/m0/s1. The summed E-state index contributed by atoms with van der Waals surface area (Å²) in [6, 6.07) is 5.80. The van der Waals surface area contributed by atoms with E-state index in [4.69, 9.17) is 5.26 Å². The van der Waals surface area contributed by atoms with Crippen LogP contribution in [0.25, 0.3) is 0 Å². The van der Waals surface area contributed by atoms with Crippen LogP contribution in [0.2, 0.25) is 0 Å². The molecule has 1 N–H and O–H groups in total. The Morgan fingerprint density at radius 1 is 1.27 bits per heavy atom. The fraction of sp³-hybridized carbons (Fsp3) is 0.647. The van der Waals surface area contributed by atoms with Crippen molar-refractivity contribution in [2.45, 2.75) is 20.8 Å². The molecule has 120 valence electrons. The molecule has 1 fully saturated rings. The number of pyridine rings is 1. The van der Waals surface area contributed by atoms with Crippen molar-refractivity contribution < 1.29 is 0 Å². The second-order valence-electron chi connectivity index (χ2n) is 6.22. The highest BCUT2D eigenvalue weighted by molar-refractivity contribution is 5.44. The summed E-state index contributed by atoms with van der Waals surface area (Å²) in [5.74, 6) is 1.36. The molecule has 1 atom stereocenters. The lowest BCUT2D eigenvalue weighted by Crippen LogP contribution is -2.47.